The number of sulfonamides is 1. The molecule has 0 aliphatic carbocycles. The van der Waals surface area contributed by atoms with Crippen LogP contribution < -0.4 is 9.99 Å². The molecular formula is C17H17N3O3S. The molecule has 0 saturated carbocycles. The summed E-state index contributed by atoms with van der Waals surface area (Å²) in [6, 6.07) is 12.3. The summed E-state index contributed by atoms with van der Waals surface area (Å²) in [6.07, 6.45) is 0.777. The summed E-state index contributed by atoms with van der Waals surface area (Å²) in [7, 11) is -3.68. The fourth-order valence-electron chi connectivity index (χ4n) is 3.27. The van der Waals surface area contributed by atoms with Crippen molar-refractivity contribution in [3.05, 3.63) is 58.5 Å². The smallest absolute Gasteiger partial charge is 0.306 e. The summed E-state index contributed by atoms with van der Waals surface area (Å²) in [5.41, 5.74) is 2.51. The van der Waals surface area contributed by atoms with Gasteiger partial charge in [0.25, 0.3) is 10.0 Å². The summed E-state index contributed by atoms with van der Waals surface area (Å²) in [4.78, 5) is 16.8. The van der Waals surface area contributed by atoms with E-state index in [2.05, 4.69) is 16.9 Å². The lowest BCUT2D eigenvalue weighted by Gasteiger charge is -2.33. The number of hydrogen-bond acceptors (Lipinski definition) is 3. The second kappa shape index (κ2) is 5.24. The average Bonchev–Trinajstić information content (AvgIpc) is 2.94. The molecule has 1 atom stereocenters. The Kier molecular flexibility index (Phi) is 3.28. The standard InChI is InChI=1S/C17H17N3O3S/c1-11-8-9-20(16-5-3-2-4-13(11)16)24(22,23)12-6-7-14-15(10-12)19-17(21)18-14/h2-7,10-11H,8-9H2,1H3,(H2,18,19,21). The Morgan fingerprint density at radius 1 is 1.08 bits per heavy atom. The SMILES string of the molecule is CC1CCN(S(=O)(=O)c2ccc3[nH]c(=O)[nH]c3c2)c2ccccc21. The van der Waals surface area contributed by atoms with Crippen LogP contribution in [0.25, 0.3) is 11.0 Å². The van der Waals surface area contributed by atoms with E-state index in [0.717, 1.165) is 17.7 Å². The number of aromatic amines is 2. The second-order valence-corrected chi connectivity index (χ2v) is 7.97. The van der Waals surface area contributed by atoms with Crippen molar-refractivity contribution >= 4 is 26.7 Å². The number of imidazole rings is 1. The Labute approximate surface area is 139 Å². The largest absolute Gasteiger partial charge is 0.323 e. The van der Waals surface area contributed by atoms with Gasteiger partial charge >= 0.3 is 5.69 Å². The number of para-hydroxylation sites is 1. The maximum atomic E-state index is 13.1. The van der Waals surface area contributed by atoms with Gasteiger partial charge in [0, 0.05) is 6.54 Å². The highest BCUT2D eigenvalue weighted by molar-refractivity contribution is 7.92. The van der Waals surface area contributed by atoms with Crippen LogP contribution in [-0.2, 0) is 10.0 Å². The third kappa shape index (κ3) is 2.24. The molecule has 7 heteroatoms. The van der Waals surface area contributed by atoms with Crippen molar-refractivity contribution in [2.45, 2.75) is 24.2 Å². The third-order valence-corrected chi connectivity index (χ3v) is 6.39. The molecule has 124 valence electrons. The zero-order valence-electron chi connectivity index (χ0n) is 13.1. The van der Waals surface area contributed by atoms with Crippen molar-refractivity contribution in [1.82, 2.24) is 9.97 Å². The number of fused-ring (bicyclic) bond motifs is 2. The predicted octanol–water partition coefficient (Wildman–Crippen LogP) is 2.56. The quantitative estimate of drug-likeness (QED) is 0.750. The molecule has 0 fully saturated rings. The number of benzene rings is 2. The molecule has 1 aliphatic heterocycles. The van der Waals surface area contributed by atoms with Crippen molar-refractivity contribution in [3.8, 4) is 0 Å². The van der Waals surface area contributed by atoms with Gasteiger partial charge in [-0.05, 0) is 42.2 Å². The zero-order valence-corrected chi connectivity index (χ0v) is 13.9. The van der Waals surface area contributed by atoms with Crippen molar-refractivity contribution in [2.24, 2.45) is 0 Å². The van der Waals surface area contributed by atoms with Gasteiger partial charge in [-0.2, -0.15) is 0 Å². The summed E-state index contributed by atoms with van der Waals surface area (Å²) in [5, 5.41) is 0. The minimum Gasteiger partial charge on any atom is -0.306 e. The second-order valence-electron chi connectivity index (χ2n) is 6.11. The number of anilines is 1. The van der Waals surface area contributed by atoms with E-state index in [1.807, 2.05) is 24.3 Å². The molecule has 24 heavy (non-hydrogen) atoms. The number of nitrogens with one attached hydrogen (secondary N) is 2. The number of aromatic nitrogens is 2. The first kappa shape index (κ1) is 15.0. The van der Waals surface area contributed by atoms with Crippen molar-refractivity contribution in [1.29, 1.82) is 0 Å². The van der Waals surface area contributed by atoms with Gasteiger partial charge < -0.3 is 9.97 Å². The van der Waals surface area contributed by atoms with Crippen LogP contribution in [0.15, 0.2) is 52.2 Å². The summed E-state index contributed by atoms with van der Waals surface area (Å²) in [6.45, 7) is 2.56. The van der Waals surface area contributed by atoms with Crippen LogP contribution in [0.4, 0.5) is 5.69 Å². The van der Waals surface area contributed by atoms with Gasteiger partial charge in [-0.25, -0.2) is 13.2 Å². The molecule has 0 spiro atoms. The molecule has 0 bridgehead atoms. The molecule has 0 radical (unpaired) electrons. The molecule has 0 amide bonds. The molecule has 1 aromatic heterocycles. The molecule has 6 nitrogen and oxygen atoms in total. The maximum absolute atomic E-state index is 13.1. The molecular weight excluding hydrogens is 326 g/mol. The lowest BCUT2D eigenvalue weighted by Crippen LogP contribution is -2.36. The van der Waals surface area contributed by atoms with Crippen molar-refractivity contribution in [3.63, 3.8) is 0 Å². The first-order valence-corrected chi connectivity index (χ1v) is 9.24. The fourth-order valence-corrected chi connectivity index (χ4v) is 4.80. The Morgan fingerprint density at radius 2 is 1.83 bits per heavy atom. The maximum Gasteiger partial charge on any atom is 0.323 e. The number of H-pyrrole nitrogens is 2. The first-order valence-electron chi connectivity index (χ1n) is 7.80. The van der Waals surface area contributed by atoms with Crippen LogP contribution in [0, 0.1) is 0 Å². The van der Waals surface area contributed by atoms with Crippen LogP contribution in [0.1, 0.15) is 24.8 Å². The lowest BCUT2D eigenvalue weighted by molar-refractivity contribution is 0.578. The van der Waals surface area contributed by atoms with Crippen LogP contribution >= 0.6 is 0 Å². The molecule has 3 aromatic rings. The Balaban J connectivity index is 1.85. The number of rotatable bonds is 2. The highest BCUT2D eigenvalue weighted by atomic mass is 32.2. The summed E-state index contributed by atoms with van der Waals surface area (Å²) in [5.74, 6) is 0.330. The first-order chi connectivity index (χ1) is 11.5. The van der Waals surface area contributed by atoms with Crippen LogP contribution in [-0.4, -0.2) is 24.9 Å². The topological polar surface area (TPSA) is 86.0 Å². The fraction of sp³-hybridized carbons (Fsp3) is 0.235. The Morgan fingerprint density at radius 3 is 2.67 bits per heavy atom. The number of hydrogen-bond donors (Lipinski definition) is 2. The van der Waals surface area contributed by atoms with Gasteiger partial charge in [-0.15, -0.1) is 0 Å². The Hall–Kier alpha value is -2.54. The van der Waals surface area contributed by atoms with Gasteiger partial charge in [0.2, 0.25) is 0 Å². The molecule has 1 unspecified atom stereocenters. The summed E-state index contributed by atoms with van der Waals surface area (Å²) < 4.78 is 27.7. The minimum atomic E-state index is -3.68. The van der Waals surface area contributed by atoms with Gasteiger partial charge in [0.15, 0.2) is 0 Å². The van der Waals surface area contributed by atoms with Gasteiger partial charge in [0.05, 0.1) is 21.6 Å². The highest BCUT2D eigenvalue weighted by Gasteiger charge is 2.31. The van der Waals surface area contributed by atoms with E-state index < -0.39 is 10.0 Å². The van der Waals surface area contributed by atoms with Crippen molar-refractivity contribution < 1.29 is 8.42 Å². The molecule has 2 N–H and O–H groups in total. The molecule has 0 saturated heterocycles. The van der Waals surface area contributed by atoms with E-state index in [1.165, 1.54) is 16.4 Å². The summed E-state index contributed by atoms with van der Waals surface area (Å²) >= 11 is 0. The monoisotopic (exact) mass is 343 g/mol. The van der Waals surface area contributed by atoms with E-state index in [4.69, 9.17) is 0 Å². The van der Waals surface area contributed by atoms with E-state index in [1.54, 1.807) is 6.07 Å². The van der Waals surface area contributed by atoms with Crippen molar-refractivity contribution in [2.75, 3.05) is 10.8 Å². The van der Waals surface area contributed by atoms with Crippen LogP contribution in [0.3, 0.4) is 0 Å². The highest BCUT2D eigenvalue weighted by Crippen LogP contribution is 2.37. The molecule has 1 aliphatic rings. The third-order valence-electron chi connectivity index (χ3n) is 4.58. The zero-order chi connectivity index (χ0) is 16.9. The van der Waals surface area contributed by atoms with E-state index in [9.17, 15) is 13.2 Å². The van der Waals surface area contributed by atoms with E-state index in [0.29, 0.717) is 23.5 Å². The van der Waals surface area contributed by atoms with E-state index >= 15 is 0 Å². The minimum absolute atomic E-state index is 0.176. The van der Waals surface area contributed by atoms with Crippen LogP contribution in [0.2, 0.25) is 0 Å². The van der Waals surface area contributed by atoms with Gasteiger partial charge in [0.1, 0.15) is 0 Å². The van der Waals surface area contributed by atoms with Gasteiger partial charge in [-0.3, -0.25) is 4.31 Å². The molecule has 2 aromatic carbocycles. The van der Waals surface area contributed by atoms with Gasteiger partial charge in [-0.1, -0.05) is 25.1 Å². The molecule has 4 rings (SSSR count). The normalized spacial score (nSPS) is 17.9. The predicted molar refractivity (Wildman–Crippen MR) is 92.9 cm³/mol. The van der Waals surface area contributed by atoms with E-state index in [-0.39, 0.29) is 10.6 Å². The lowest BCUT2D eigenvalue weighted by atomic mass is 9.93. The van der Waals surface area contributed by atoms with Crippen LogP contribution in [0.5, 0.6) is 0 Å². The number of nitrogens with zero attached hydrogens (tertiary/aromatic N) is 1. The molecule has 2 heterocycles. The Bertz CT molecular complexity index is 1080. The average molecular weight is 343 g/mol.